The number of carbonyl (C=O) groups excluding carboxylic acids is 2. The van der Waals surface area contributed by atoms with Crippen LogP contribution in [0.25, 0.3) is 0 Å². The maximum atomic E-state index is 12.8. The highest BCUT2D eigenvalue weighted by molar-refractivity contribution is 5.96. The Morgan fingerprint density at radius 3 is 1.70 bits per heavy atom. The van der Waals surface area contributed by atoms with Crippen LogP contribution >= 0.6 is 0 Å². The molecule has 0 fully saturated rings. The molecular weight excluding hydrogens is 428 g/mol. The van der Waals surface area contributed by atoms with E-state index in [4.69, 9.17) is 9.47 Å². The predicted octanol–water partition coefficient (Wildman–Crippen LogP) is 2.64. The van der Waals surface area contributed by atoms with E-state index in [-0.39, 0.29) is 40.4 Å². The molecule has 1 aliphatic heterocycles. The molecule has 2 amide bonds. The number of carbonyl (C=O) groups is 2. The van der Waals surface area contributed by atoms with Gasteiger partial charge in [0, 0.05) is 12.1 Å². The summed E-state index contributed by atoms with van der Waals surface area (Å²) in [4.78, 5) is 29.6. The molecule has 0 radical (unpaired) electrons. The van der Waals surface area contributed by atoms with E-state index < -0.39 is 11.8 Å². The first-order valence-electron chi connectivity index (χ1n) is 10.1. The van der Waals surface area contributed by atoms with Crippen molar-refractivity contribution in [3.63, 3.8) is 0 Å². The summed E-state index contributed by atoms with van der Waals surface area (Å²) in [7, 11) is 2.99. The Kier molecular flexibility index (Phi) is 6.88. The minimum atomic E-state index is -0.443. The normalized spacial score (nSPS) is 13.6. The summed E-state index contributed by atoms with van der Waals surface area (Å²) in [6, 6.07) is 6.04. The van der Waals surface area contributed by atoms with Crippen molar-refractivity contribution in [2.45, 2.75) is 13.8 Å². The van der Waals surface area contributed by atoms with Gasteiger partial charge in [-0.1, -0.05) is 0 Å². The monoisotopic (exact) mass is 455 g/mol. The van der Waals surface area contributed by atoms with E-state index in [9.17, 15) is 19.8 Å². The number of aliphatic imine (C=N–C) groups is 1. The van der Waals surface area contributed by atoms with E-state index in [2.05, 4.69) is 15.6 Å². The van der Waals surface area contributed by atoms with Gasteiger partial charge in [-0.05, 0) is 37.1 Å². The molecular formula is C23H27N4O6+. The lowest BCUT2D eigenvalue weighted by Gasteiger charge is -2.26. The maximum absolute atomic E-state index is 12.8. The van der Waals surface area contributed by atoms with Crippen molar-refractivity contribution in [3.8, 4) is 23.0 Å². The predicted molar refractivity (Wildman–Crippen MR) is 124 cm³/mol. The van der Waals surface area contributed by atoms with Gasteiger partial charge in [0.1, 0.15) is 29.2 Å². The number of nitrogens with one attached hydrogen (secondary N) is 2. The Labute approximate surface area is 191 Å². The molecule has 2 aromatic carbocycles. The SMILES string of the molecule is COc1cc(NC(=O)C[N+]2(CC(=O)Nc3cc(OC)c(C)cc3O)C=CN=C2)c(O)cc1C. The molecule has 0 saturated heterocycles. The van der Waals surface area contributed by atoms with Crippen LogP contribution in [0.15, 0.2) is 41.7 Å². The smallest absolute Gasteiger partial charge is 0.280 e. The summed E-state index contributed by atoms with van der Waals surface area (Å²) in [6.07, 6.45) is 4.59. The number of anilines is 2. The number of phenolic OH excluding ortho intramolecular Hbond substituents is 2. The summed E-state index contributed by atoms with van der Waals surface area (Å²) in [5, 5.41) is 25.6. The number of aryl methyl sites for hydroxylation is 2. The fourth-order valence-corrected chi connectivity index (χ4v) is 3.52. The van der Waals surface area contributed by atoms with Crippen LogP contribution < -0.4 is 20.1 Å². The molecule has 0 atom stereocenters. The average Bonchev–Trinajstić information content (AvgIpc) is 3.19. The van der Waals surface area contributed by atoms with E-state index in [1.54, 1.807) is 20.0 Å². The second kappa shape index (κ2) is 9.61. The van der Waals surface area contributed by atoms with E-state index in [1.165, 1.54) is 51.0 Å². The average molecular weight is 455 g/mol. The van der Waals surface area contributed by atoms with Crippen molar-refractivity contribution in [2.24, 2.45) is 4.99 Å². The van der Waals surface area contributed by atoms with Gasteiger partial charge in [-0.15, -0.1) is 0 Å². The van der Waals surface area contributed by atoms with Crippen LogP contribution in [0.4, 0.5) is 11.4 Å². The molecule has 1 heterocycles. The number of aromatic hydroxyl groups is 2. The maximum Gasteiger partial charge on any atom is 0.280 e. The Bertz CT molecular complexity index is 1050. The lowest BCUT2D eigenvalue weighted by Crippen LogP contribution is -2.50. The van der Waals surface area contributed by atoms with Gasteiger partial charge >= 0.3 is 0 Å². The van der Waals surface area contributed by atoms with Gasteiger partial charge in [0.25, 0.3) is 11.8 Å². The molecule has 0 aliphatic carbocycles. The second-order valence-electron chi connectivity index (χ2n) is 7.76. The van der Waals surface area contributed by atoms with E-state index in [1.807, 2.05) is 0 Å². The highest BCUT2D eigenvalue weighted by atomic mass is 16.5. The number of amides is 2. The molecule has 10 heteroatoms. The van der Waals surface area contributed by atoms with E-state index >= 15 is 0 Å². The quantitative estimate of drug-likeness (QED) is 0.358. The van der Waals surface area contributed by atoms with Crippen molar-refractivity contribution in [1.82, 2.24) is 0 Å². The van der Waals surface area contributed by atoms with Gasteiger partial charge in [0.15, 0.2) is 19.4 Å². The van der Waals surface area contributed by atoms with Crippen LogP contribution in [0.3, 0.4) is 0 Å². The third kappa shape index (κ3) is 5.42. The van der Waals surface area contributed by atoms with Crippen molar-refractivity contribution >= 4 is 29.5 Å². The molecule has 0 bridgehead atoms. The van der Waals surface area contributed by atoms with Gasteiger partial charge in [0.2, 0.25) is 0 Å². The van der Waals surface area contributed by atoms with Crippen LogP contribution in [-0.2, 0) is 9.59 Å². The summed E-state index contributed by atoms with van der Waals surface area (Å²) in [5.74, 6) is -0.0471. The van der Waals surface area contributed by atoms with Gasteiger partial charge in [0.05, 0.1) is 31.8 Å². The number of ether oxygens (including phenoxy) is 2. The second-order valence-corrected chi connectivity index (χ2v) is 7.76. The molecule has 1 aliphatic rings. The van der Waals surface area contributed by atoms with Crippen LogP contribution in [-0.4, -0.2) is 60.2 Å². The first-order valence-corrected chi connectivity index (χ1v) is 10.1. The van der Waals surface area contributed by atoms with Crippen molar-refractivity contribution in [1.29, 1.82) is 0 Å². The summed E-state index contributed by atoms with van der Waals surface area (Å²) >= 11 is 0. The Morgan fingerprint density at radius 1 is 0.879 bits per heavy atom. The zero-order valence-corrected chi connectivity index (χ0v) is 18.9. The Hall–Kier alpha value is -4.05. The number of methoxy groups -OCH3 is 2. The van der Waals surface area contributed by atoms with Crippen molar-refractivity contribution in [2.75, 3.05) is 37.9 Å². The first kappa shape index (κ1) is 23.6. The minimum absolute atomic E-state index is 0.0969. The van der Waals surface area contributed by atoms with Gasteiger partial charge < -0.3 is 30.3 Å². The molecule has 3 rings (SSSR count). The summed E-state index contributed by atoms with van der Waals surface area (Å²) in [5.41, 5.74) is 1.83. The lowest BCUT2D eigenvalue weighted by atomic mass is 10.2. The fraction of sp³-hybridized carbons (Fsp3) is 0.261. The van der Waals surface area contributed by atoms with Gasteiger partial charge in [-0.3, -0.25) is 9.59 Å². The number of benzene rings is 2. The Balaban J connectivity index is 1.72. The topological polar surface area (TPSA) is 129 Å². The molecule has 0 unspecified atom stereocenters. The molecule has 0 spiro atoms. The highest BCUT2D eigenvalue weighted by Crippen LogP contribution is 2.33. The van der Waals surface area contributed by atoms with Crippen molar-refractivity contribution in [3.05, 3.63) is 47.8 Å². The largest absolute Gasteiger partial charge is 0.506 e. The number of rotatable bonds is 8. The Morgan fingerprint density at radius 2 is 1.33 bits per heavy atom. The fourth-order valence-electron chi connectivity index (χ4n) is 3.52. The standard InChI is InChI=1S/C23H26N4O6/c1-14-7-18(28)16(9-20(14)32-3)25-22(30)11-27(6-5-24-13-27)12-23(31)26-17-10-21(33-4)15(2)8-19(17)29/h5-10,13H,11-12H2,1-4H3,(H3-,25,26,28,29,30,31)/p+1. The van der Waals surface area contributed by atoms with Gasteiger partial charge in [-0.25, -0.2) is 9.48 Å². The summed E-state index contributed by atoms with van der Waals surface area (Å²) < 4.78 is 10.3. The summed E-state index contributed by atoms with van der Waals surface area (Å²) in [6.45, 7) is 3.25. The zero-order chi connectivity index (χ0) is 24.2. The number of nitrogens with zero attached hydrogens (tertiary/aromatic N) is 2. The first-order chi connectivity index (χ1) is 15.7. The molecule has 0 aromatic heterocycles. The molecule has 0 saturated carbocycles. The van der Waals surface area contributed by atoms with Crippen molar-refractivity contribution < 1.29 is 33.8 Å². The number of quaternary nitrogens is 1. The van der Waals surface area contributed by atoms with Crippen LogP contribution in [0.2, 0.25) is 0 Å². The van der Waals surface area contributed by atoms with Crippen LogP contribution in [0, 0.1) is 13.8 Å². The number of hydrogen-bond donors (Lipinski definition) is 4. The highest BCUT2D eigenvalue weighted by Gasteiger charge is 2.33. The molecule has 4 N–H and O–H groups in total. The zero-order valence-electron chi connectivity index (χ0n) is 18.9. The lowest BCUT2D eigenvalue weighted by molar-refractivity contribution is -0.760. The minimum Gasteiger partial charge on any atom is -0.506 e. The van der Waals surface area contributed by atoms with E-state index in [0.29, 0.717) is 11.5 Å². The third-order valence-corrected chi connectivity index (χ3v) is 5.20. The van der Waals surface area contributed by atoms with E-state index in [0.717, 1.165) is 11.1 Å². The molecule has 174 valence electrons. The van der Waals surface area contributed by atoms with Gasteiger partial charge in [-0.2, -0.15) is 0 Å². The molecule has 10 nitrogen and oxygen atoms in total. The molecule has 2 aromatic rings. The van der Waals surface area contributed by atoms with Crippen LogP contribution in [0.5, 0.6) is 23.0 Å². The number of hydrogen-bond acceptors (Lipinski definition) is 7. The third-order valence-electron chi connectivity index (χ3n) is 5.20. The number of phenols is 2. The molecule has 33 heavy (non-hydrogen) atoms. The van der Waals surface area contributed by atoms with Crippen LogP contribution in [0.1, 0.15) is 11.1 Å².